The second kappa shape index (κ2) is 8.35. The Kier molecular flexibility index (Phi) is 7.13. The molecule has 1 rings (SSSR count). The summed E-state index contributed by atoms with van der Waals surface area (Å²) >= 11 is 6.27. The highest BCUT2D eigenvalue weighted by Crippen LogP contribution is 2.39. The average molecular weight is 302 g/mol. The smallest absolute Gasteiger partial charge is 0.179 e. The Morgan fingerprint density at radius 1 is 1.20 bits per heavy atom. The van der Waals surface area contributed by atoms with Crippen LogP contribution in [-0.2, 0) is 4.74 Å². The first-order valence-electron chi connectivity index (χ1n) is 6.66. The molecule has 0 heterocycles. The van der Waals surface area contributed by atoms with Crippen molar-refractivity contribution in [3.05, 3.63) is 22.7 Å². The fraction of sp³-hybridized carbons (Fsp3) is 0.600. The highest BCUT2D eigenvalue weighted by Gasteiger charge is 2.21. The Morgan fingerprint density at radius 2 is 1.90 bits per heavy atom. The van der Waals surface area contributed by atoms with Crippen LogP contribution in [0.4, 0.5) is 0 Å². The lowest BCUT2D eigenvalue weighted by atomic mass is 9.92. The molecule has 5 heteroatoms. The molecule has 0 bridgehead atoms. The normalized spacial score (nSPS) is 13.9. The van der Waals surface area contributed by atoms with Crippen LogP contribution in [0.25, 0.3) is 0 Å². The molecule has 0 aliphatic heterocycles. The summed E-state index contributed by atoms with van der Waals surface area (Å²) in [6.45, 7) is 2.92. The zero-order chi connectivity index (χ0) is 15.1. The maximum atomic E-state index is 6.27. The van der Waals surface area contributed by atoms with Crippen molar-refractivity contribution in [3.63, 3.8) is 0 Å². The summed E-state index contributed by atoms with van der Waals surface area (Å²) in [4.78, 5) is 0. The summed E-state index contributed by atoms with van der Waals surface area (Å²) < 4.78 is 15.8. The van der Waals surface area contributed by atoms with E-state index in [1.54, 1.807) is 21.3 Å². The zero-order valence-electron chi connectivity index (χ0n) is 12.8. The van der Waals surface area contributed by atoms with Crippen LogP contribution in [0, 0.1) is 5.92 Å². The van der Waals surface area contributed by atoms with E-state index in [4.69, 9.17) is 25.8 Å². The fourth-order valence-electron chi connectivity index (χ4n) is 2.37. The Labute approximate surface area is 126 Å². The lowest BCUT2D eigenvalue weighted by Gasteiger charge is -2.25. The summed E-state index contributed by atoms with van der Waals surface area (Å²) in [5, 5.41) is 3.89. The highest BCUT2D eigenvalue weighted by atomic mass is 35.5. The summed E-state index contributed by atoms with van der Waals surface area (Å²) in [6.07, 6.45) is 0.966. The van der Waals surface area contributed by atoms with Gasteiger partial charge in [0.15, 0.2) is 11.5 Å². The predicted octanol–water partition coefficient (Wildman–Crippen LogP) is 3.29. The minimum atomic E-state index is 0.183. The third-order valence-electron chi connectivity index (χ3n) is 3.47. The minimum absolute atomic E-state index is 0.183. The molecule has 0 aliphatic rings. The van der Waals surface area contributed by atoms with E-state index >= 15 is 0 Å². The lowest BCUT2D eigenvalue weighted by molar-refractivity contribution is 0.171. The van der Waals surface area contributed by atoms with Crippen molar-refractivity contribution < 1.29 is 14.2 Å². The molecule has 0 saturated carbocycles. The molecule has 1 N–H and O–H groups in total. The van der Waals surface area contributed by atoms with Gasteiger partial charge in [0.25, 0.3) is 0 Å². The van der Waals surface area contributed by atoms with Crippen LogP contribution in [0.15, 0.2) is 12.1 Å². The molecular weight excluding hydrogens is 278 g/mol. The number of methoxy groups -OCH3 is 3. The number of nitrogens with one attached hydrogen (secondary N) is 1. The summed E-state index contributed by atoms with van der Waals surface area (Å²) in [7, 11) is 6.85. The van der Waals surface area contributed by atoms with Gasteiger partial charge in [-0.3, -0.25) is 0 Å². The second-order valence-corrected chi connectivity index (χ2v) is 5.17. The highest BCUT2D eigenvalue weighted by molar-refractivity contribution is 6.32. The Hall–Kier alpha value is -0.970. The molecule has 20 heavy (non-hydrogen) atoms. The van der Waals surface area contributed by atoms with E-state index < -0.39 is 0 Å². The van der Waals surface area contributed by atoms with Gasteiger partial charge in [-0.15, -0.1) is 0 Å². The standard InChI is InChI=1S/C15H24ClNO3/c1-10(6-7-18-3)14(17-2)11-8-12(16)15(20-5)13(9-11)19-4/h8-10,14,17H,6-7H2,1-5H3. The van der Waals surface area contributed by atoms with Crippen molar-refractivity contribution in [1.29, 1.82) is 0 Å². The first-order chi connectivity index (χ1) is 9.58. The number of rotatable bonds is 8. The van der Waals surface area contributed by atoms with Crippen LogP contribution in [0.2, 0.25) is 5.02 Å². The van der Waals surface area contributed by atoms with Crippen molar-refractivity contribution in [2.24, 2.45) is 5.92 Å². The van der Waals surface area contributed by atoms with E-state index in [9.17, 15) is 0 Å². The van der Waals surface area contributed by atoms with Gasteiger partial charge < -0.3 is 19.5 Å². The molecule has 2 unspecified atom stereocenters. The first-order valence-corrected chi connectivity index (χ1v) is 7.04. The molecule has 0 aliphatic carbocycles. The van der Waals surface area contributed by atoms with Crippen molar-refractivity contribution in [1.82, 2.24) is 5.32 Å². The number of hydrogen-bond donors (Lipinski definition) is 1. The van der Waals surface area contributed by atoms with Crippen LogP contribution in [0.3, 0.4) is 0 Å². The van der Waals surface area contributed by atoms with Crippen LogP contribution >= 0.6 is 11.6 Å². The monoisotopic (exact) mass is 301 g/mol. The average Bonchev–Trinajstić information content (AvgIpc) is 2.45. The number of ether oxygens (including phenoxy) is 3. The van der Waals surface area contributed by atoms with Gasteiger partial charge in [0, 0.05) is 19.8 Å². The molecule has 1 aromatic rings. The van der Waals surface area contributed by atoms with E-state index in [-0.39, 0.29) is 6.04 Å². The molecule has 0 saturated heterocycles. The van der Waals surface area contributed by atoms with Crippen molar-refractivity contribution in [2.75, 3.05) is 35.0 Å². The molecule has 114 valence electrons. The van der Waals surface area contributed by atoms with Crippen molar-refractivity contribution in [2.45, 2.75) is 19.4 Å². The molecule has 0 radical (unpaired) electrons. The third kappa shape index (κ3) is 4.01. The summed E-state index contributed by atoms with van der Waals surface area (Å²) in [5.41, 5.74) is 1.08. The number of benzene rings is 1. The maximum Gasteiger partial charge on any atom is 0.179 e. The van der Waals surface area contributed by atoms with Crippen LogP contribution in [-0.4, -0.2) is 35.0 Å². The Morgan fingerprint density at radius 3 is 2.40 bits per heavy atom. The molecular formula is C15H24ClNO3. The van der Waals surface area contributed by atoms with Gasteiger partial charge >= 0.3 is 0 Å². The van der Waals surface area contributed by atoms with E-state index in [2.05, 4.69) is 12.2 Å². The lowest BCUT2D eigenvalue weighted by Crippen LogP contribution is -2.24. The van der Waals surface area contributed by atoms with Gasteiger partial charge in [0.2, 0.25) is 0 Å². The third-order valence-corrected chi connectivity index (χ3v) is 3.75. The number of halogens is 1. The van der Waals surface area contributed by atoms with Crippen molar-refractivity contribution in [3.8, 4) is 11.5 Å². The van der Waals surface area contributed by atoms with E-state index in [1.807, 2.05) is 19.2 Å². The molecule has 2 atom stereocenters. The Bertz CT molecular complexity index is 426. The van der Waals surface area contributed by atoms with Gasteiger partial charge in [-0.05, 0) is 37.1 Å². The van der Waals surface area contributed by atoms with E-state index in [1.165, 1.54) is 0 Å². The molecule has 0 amide bonds. The zero-order valence-corrected chi connectivity index (χ0v) is 13.6. The van der Waals surface area contributed by atoms with Crippen LogP contribution < -0.4 is 14.8 Å². The molecule has 0 spiro atoms. The second-order valence-electron chi connectivity index (χ2n) is 4.76. The van der Waals surface area contributed by atoms with Crippen LogP contribution in [0.1, 0.15) is 24.9 Å². The van der Waals surface area contributed by atoms with Gasteiger partial charge in [-0.1, -0.05) is 18.5 Å². The van der Waals surface area contributed by atoms with Gasteiger partial charge in [-0.25, -0.2) is 0 Å². The predicted molar refractivity (Wildman–Crippen MR) is 82.0 cm³/mol. The molecule has 0 fully saturated rings. The fourth-order valence-corrected chi connectivity index (χ4v) is 2.66. The van der Waals surface area contributed by atoms with Gasteiger partial charge in [-0.2, -0.15) is 0 Å². The van der Waals surface area contributed by atoms with E-state index in [0.29, 0.717) is 22.4 Å². The van der Waals surface area contributed by atoms with Crippen LogP contribution in [0.5, 0.6) is 11.5 Å². The van der Waals surface area contributed by atoms with Gasteiger partial charge in [0.05, 0.1) is 19.2 Å². The van der Waals surface area contributed by atoms with Gasteiger partial charge in [0.1, 0.15) is 0 Å². The topological polar surface area (TPSA) is 39.7 Å². The SMILES string of the molecule is CNC(c1cc(Cl)c(OC)c(OC)c1)C(C)CCOC. The number of hydrogen-bond acceptors (Lipinski definition) is 4. The largest absolute Gasteiger partial charge is 0.493 e. The maximum absolute atomic E-state index is 6.27. The Balaban J connectivity index is 3.06. The molecule has 1 aromatic carbocycles. The van der Waals surface area contributed by atoms with Crippen molar-refractivity contribution >= 4 is 11.6 Å². The molecule has 4 nitrogen and oxygen atoms in total. The molecule has 0 aromatic heterocycles. The summed E-state index contributed by atoms with van der Waals surface area (Å²) in [5.74, 6) is 1.63. The summed E-state index contributed by atoms with van der Waals surface area (Å²) in [6, 6.07) is 4.07. The minimum Gasteiger partial charge on any atom is -0.493 e. The first kappa shape index (κ1) is 17.1. The quantitative estimate of drug-likeness (QED) is 0.800. The van der Waals surface area contributed by atoms with E-state index in [0.717, 1.165) is 18.6 Å².